The Labute approximate surface area is 158 Å². The fourth-order valence-electron chi connectivity index (χ4n) is 2.08. The van der Waals surface area contributed by atoms with Gasteiger partial charge in [-0.1, -0.05) is 12.1 Å². The van der Waals surface area contributed by atoms with E-state index in [1.54, 1.807) is 0 Å². The van der Waals surface area contributed by atoms with Crippen LogP contribution in [0.3, 0.4) is 0 Å². The molecule has 0 radical (unpaired) electrons. The predicted molar refractivity (Wildman–Crippen MR) is 94.7 cm³/mol. The Kier molecular flexibility index (Phi) is 6.29. The van der Waals surface area contributed by atoms with Crippen LogP contribution in [-0.2, 0) is 19.6 Å². The molecule has 1 amide bonds. The van der Waals surface area contributed by atoms with Gasteiger partial charge in [0.15, 0.2) is 23.6 Å². The van der Waals surface area contributed by atoms with Crippen molar-refractivity contribution in [2.75, 3.05) is 16.3 Å². The Morgan fingerprint density at radius 1 is 1.00 bits per heavy atom. The fraction of sp³-hybridized carbons (Fsp3) is 0.176. The number of para-hydroxylation sites is 1. The van der Waals surface area contributed by atoms with Crippen molar-refractivity contribution in [3.05, 3.63) is 59.4 Å². The van der Waals surface area contributed by atoms with Gasteiger partial charge in [0, 0.05) is 0 Å². The third kappa shape index (κ3) is 5.22. The van der Waals surface area contributed by atoms with Crippen LogP contribution in [0, 0.1) is 17.5 Å². The second kappa shape index (κ2) is 8.30. The average Bonchev–Trinajstić information content (AvgIpc) is 2.61. The van der Waals surface area contributed by atoms with E-state index < -0.39 is 51.1 Å². The number of esters is 1. The molecule has 0 heterocycles. The lowest BCUT2D eigenvalue weighted by molar-refractivity contribution is -0.123. The summed E-state index contributed by atoms with van der Waals surface area (Å²) in [7, 11) is -3.68. The molecule has 7 nitrogen and oxygen atoms in total. The van der Waals surface area contributed by atoms with Crippen LogP contribution in [0.5, 0.6) is 0 Å². The standard InChI is InChI=1S/C17H15F3N2O5S/c1-9(16(23)21-13-8-7-11(18)14(19)15(13)20)27-17(24)10-5-3-4-6-12(10)22-28(2,25)26/h3-9,22H,1-2H3,(H,21,23). The van der Waals surface area contributed by atoms with E-state index in [9.17, 15) is 31.2 Å². The van der Waals surface area contributed by atoms with Gasteiger partial charge in [0.2, 0.25) is 10.0 Å². The Hall–Kier alpha value is -3.08. The maximum atomic E-state index is 13.6. The lowest BCUT2D eigenvalue weighted by Crippen LogP contribution is -2.30. The minimum atomic E-state index is -3.68. The normalized spacial score (nSPS) is 12.2. The molecule has 0 aliphatic rings. The van der Waals surface area contributed by atoms with Crippen molar-refractivity contribution in [2.24, 2.45) is 0 Å². The highest BCUT2D eigenvalue weighted by molar-refractivity contribution is 7.92. The molecule has 1 unspecified atom stereocenters. The molecular weight excluding hydrogens is 401 g/mol. The van der Waals surface area contributed by atoms with Gasteiger partial charge in [0.1, 0.15) is 0 Å². The van der Waals surface area contributed by atoms with E-state index in [0.717, 1.165) is 19.2 Å². The summed E-state index contributed by atoms with van der Waals surface area (Å²) in [6.07, 6.45) is -0.562. The molecule has 11 heteroatoms. The van der Waals surface area contributed by atoms with Gasteiger partial charge >= 0.3 is 5.97 Å². The molecule has 2 rings (SSSR count). The van der Waals surface area contributed by atoms with Crippen LogP contribution in [0.25, 0.3) is 0 Å². The summed E-state index contributed by atoms with van der Waals surface area (Å²) in [6, 6.07) is 6.95. The van der Waals surface area contributed by atoms with Crippen molar-refractivity contribution < 1.29 is 35.9 Å². The summed E-state index contributed by atoms with van der Waals surface area (Å²) >= 11 is 0. The van der Waals surface area contributed by atoms with E-state index >= 15 is 0 Å². The zero-order valence-corrected chi connectivity index (χ0v) is 15.4. The van der Waals surface area contributed by atoms with Crippen molar-refractivity contribution >= 4 is 33.3 Å². The number of ether oxygens (including phenoxy) is 1. The van der Waals surface area contributed by atoms with E-state index in [0.29, 0.717) is 6.07 Å². The van der Waals surface area contributed by atoms with Gasteiger partial charge in [0.05, 0.1) is 23.2 Å². The van der Waals surface area contributed by atoms with Crippen molar-refractivity contribution in [2.45, 2.75) is 13.0 Å². The molecule has 28 heavy (non-hydrogen) atoms. The van der Waals surface area contributed by atoms with Crippen LogP contribution < -0.4 is 10.0 Å². The number of sulfonamides is 1. The highest BCUT2D eigenvalue weighted by Gasteiger charge is 2.23. The molecule has 0 aromatic heterocycles. The van der Waals surface area contributed by atoms with Gasteiger partial charge < -0.3 is 10.1 Å². The first kappa shape index (κ1) is 21.2. The van der Waals surface area contributed by atoms with E-state index in [2.05, 4.69) is 4.72 Å². The molecule has 0 bridgehead atoms. The Bertz CT molecular complexity index is 1030. The Morgan fingerprint density at radius 3 is 2.29 bits per heavy atom. The first-order valence-electron chi connectivity index (χ1n) is 7.71. The van der Waals surface area contributed by atoms with Gasteiger partial charge in [-0.3, -0.25) is 9.52 Å². The topological polar surface area (TPSA) is 102 Å². The number of nitrogens with one attached hydrogen (secondary N) is 2. The van der Waals surface area contributed by atoms with Gasteiger partial charge in [-0.2, -0.15) is 0 Å². The maximum Gasteiger partial charge on any atom is 0.341 e. The molecule has 0 spiro atoms. The van der Waals surface area contributed by atoms with Gasteiger partial charge in [-0.05, 0) is 31.2 Å². The molecular formula is C17H15F3N2O5S. The molecule has 2 N–H and O–H groups in total. The van der Waals surface area contributed by atoms with Crippen LogP contribution in [0.15, 0.2) is 36.4 Å². The van der Waals surface area contributed by atoms with Crippen molar-refractivity contribution in [1.29, 1.82) is 0 Å². The monoisotopic (exact) mass is 416 g/mol. The Balaban J connectivity index is 2.13. The van der Waals surface area contributed by atoms with Gasteiger partial charge in [-0.25, -0.2) is 26.4 Å². The van der Waals surface area contributed by atoms with Gasteiger partial charge in [0.25, 0.3) is 5.91 Å². The zero-order valence-electron chi connectivity index (χ0n) is 14.6. The number of rotatable bonds is 6. The van der Waals surface area contributed by atoms with Crippen molar-refractivity contribution in [1.82, 2.24) is 0 Å². The molecule has 1 atom stereocenters. The summed E-state index contributed by atoms with van der Waals surface area (Å²) in [5.74, 6) is -6.82. The first-order chi connectivity index (χ1) is 13.0. The second-order valence-corrected chi connectivity index (χ2v) is 7.43. The van der Waals surface area contributed by atoms with Crippen molar-refractivity contribution in [3.8, 4) is 0 Å². The Morgan fingerprint density at radius 2 is 1.64 bits per heavy atom. The molecule has 2 aromatic carbocycles. The lowest BCUT2D eigenvalue weighted by Gasteiger charge is -2.15. The predicted octanol–water partition coefficient (Wildman–Crippen LogP) is 2.66. The smallest absolute Gasteiger partial charge is 0.341 e. The maximum absolute atomic E-state index is 13.6. The van der Waals surface area contributed by atoms with Crippen LogP contribution in [0.1, 0.15) is 17.3 Å². The van der Waals surface area contributed by atoms with Crippen LogP contribution >= 0.6 is 0 Å². The minimum absolute atomic E-state index is 0.0609. The summed E-state index contributed by atoms with van der Waals surface area (Å²) in [6.45, 7) is 1.16. The van der Waals surface area contributed by atoms with E-state index in [1.807, 2.05) is 5.32 Å². The molecule has 150 valence electrons. The number of benzene rings is 2. The van der Waals surface area contributed by atoms with E-state index in [1.165, 1.54) is 24.3 Å². The molecule has 0 saturated carbocycles. The third-order valence-corrected chi connectivity index (χ3v) is 3.98. The molecule has 2 aromatic rings. The molecule has 0 aliphatic heterocycles. The highest BCUT2D eigenvalue weighted by Crippen LogP contribution is 2.21. The number of carbonyl (C=O) groups is 2. The number of anilines is 2. The summed E-state index contributed by atoms with van der Waals surface area (Å²) < 4.78 is 69.6. The quantitative estimate of drug-likeness (QED) is 0.557. The lowest BCUT2D eigenvalue weighted by atomic mass is 10.2. The van der Waals surface area contributed by atoms with Crippen molar-refractivity contribution in [3.63, 3.8) is 0 Å². The number of hydrogen-bond acceptors (Lipinski definition) is 5. The molecule has 0 saturated heterocycles. The second-order valence-electron chi connectivity index (χ2n) is 5.68. The molecule has 0 aliphatic carbocycles. The van der Waals surface area contributed by atoms with E-state index in [-0.39, 0.29) is 11.3 Å². The minimum Gasteiger partial charge on any atom is -0.449 e. The van der Waals surface area contributed by atoms with E-state index in [4.69, 9.17) is 4.74 Å². The SMILES string of the molecule is CC(OC(=O)c1ccccc1NS(C)(=O)=O)C(=O)Nc1ccc(F)c(F)c1F. The largest absolute Gasteiger partial charge is 0.449 e. The fourth-order valence-corrected chi connectivity index (χ4v) is 2.66. The number of amides is 1. The first-order valence-corrected chi connectivity index (χ1v) is 9.61. The van der Waals surface area contributed by atoms with Crippen LogP contribution in [-0.4, -0.2) is 32.7 Å². The summed E-state index contributed by atoms with van der Waals surface area (Å²) in [5, 5.41) is 1.98. The van der Waals surface area contributed by atoms with Gasteiger partial charge in [-0.15, -0.1) is 0 Å². The third-order valence-electron chi connectivity index (χ3n) is 3.39. The van der Waals surface area contributed by atoms with Crippen LogP contribution in [0.4, 0.5) is 24.5 Å². The zero-order chi connectivity index (χ0) is 21.1. The number of hydrogen-bond donors (Lipinski definition) is 2. The van der Waals surface area contributed by atoms with Crippen LogP contribution in [0.2, 0.25) is 0 Å². The molecule has 0 fully saturated rings. The summed E-state index contributed by atoms with van der Waals surface area (Å²) in [4.78, 5) is 24.3. The number of halogens is 3. The summed E-state index contributed by atoms with van der Waals surface area (Å²) in [5.41, 5.74) is -0.855. The number of carbonyl (C=O) groups excluding carboxylic acids is 2. The average molecular weight is 416 g/mol. The highest BCUT2D eigenvalue weighted by atomic mass is 32.2.